The second kappa shape index (κ2) is 4.56. The highest BCUT2D eigenvalue weighted by atomic mass is 19.1. The van der Waals surface area contributed by atoms with Crippen LogP contribution in [0, 0.1) is 12.7 Å². The number of anilines is 1. The van der Waals surface area contributed by atoms with Gasteiger partial charge in [0.1, 0.15) is 23.2 Å². The molecule has 1 aromatic heterocycles. The second-order valence-corrected chi connectivity index (χ2v) is 4.57. The molecule has 6 heteroatoms. The zero-order chi connectivity index (χ0) is 14.3. The van der Waals surface area contributed by atoms with E-state index in [9.17, 15) is 9.18 Å². The lowest BCUT2D eigenvalue weighted by Gasteiger charge is -2.14. The van der Waals surface area contributed by atoms with E-state index < -0.39 is 11.9 Å². The Morgan fingerprint density at radius 1 is 1.35 bits per heavy atom. The monoisotopic (exact) mass is 273 g/mol. The largest absolute Gasteiger partial charge is 0.359 e. The Morgan fingerprint density at radius 2 is 2.10 bits per heavy atom. The third-order valence-corrected chi connectivity index (χ3v) is 3.32. The summed E-state index contributed by atoms with van der Waals surface area (Å²) in [5.41, 5.74) is 1.35. The number of carbonyl (C=O) groups excluding carboxylic acids is 1. The predicted octanol–water partition coefficient (Wildman–Crippen LogP) is 2.26. The molecule has 0 bridgehead atoms. The lowest BCUT2D eigenvalue weighted by Crippen LogP contribution is -2.26. The normalized spacial score (nSPS) is 18.1. The summed E-state index contributed by atoms with van der Waals surface area (Å²) in [4.78, 5) is 17.5. The first-order chi connectivity index (χ1) is 9.59. The number of nitrogens with zero attached hydrogens (tertiary/aromatic N) is 3. The minimum Gasteiger partial charge on any atom is -0.359 e. The fourth-order valence-electron chi connectivity index (χ4n) is 2.30. The molecular formula is C14H12FN3O2. The van der Waals surface area contributed by atoms with Crippen LogP contribution in [0.15, 0.2) is 33.8 Å². The molecule has 0 fully saturated rings. The van der Waals surface area contributed by atoms with Gasteiger partial charge in [-0.05, 0) is 13.0 Å². The Balaban J connectivity index is 2.22. The highest BCUT2D eigenvalue weighted by molar-refractivity contribution is 6.33. The van der Waals surface area contributed by atoms with Gasteiger partial charge in [0.2, 0.25) is 0 Å². The van der Waals surface area contributed by atoms with Gasteiger partial charge in [-0.25, -0.2) is 4.39 Å². The SMILES string of the molecule is Cc1onc2c1N(C)C(=O)C=NC2c1ccccc1F. The molecule has 0 saturated heterocycles. The summed E-state index contributed by atoms with van der Waals surface area (Å²) in [6.45, 7) is 1.71. The van der Waals surface area contributed by atoms with Crippen molar-refractivity contribution in [1.82, 2.24) is 5.16 Å². The molecule has 1 amide bonds. The van der Waals surface area contributed by atoms with Gasteiger partial charge >= 0.3 is 0 Å². The third-order valence-electron chi connectivity index (χ3n) is 3.32. The summed E-state index contributed by atoms with van der Waals surface area (Å²) in [6.07, 6.45) is 1.19. The van der Waals surface area contributed by atoms with E-state index in [1.165, 1.54) is 17.2 Å². The molecule has 5 nitrogen and oxygen atoms in total. The third kappa shape index (κ3) is 1.80. The van der Waals surface area contributed by atoms with E-state index in [4.69, 9.17) is 4.52 Å². The van der Waals surface area contributed by atoms with Crippen molar-refractivity contribution in [2.45, 2.75) is 13.0 Å². The summed E-state index contributed by atoms with van der Waals surface area (Å²) in [7, 11) is 1.61. The Kier molecular flexibility index (Phi) is 2.85. The van der Waals surface area contributed by atoms with Crippen LogP contribution in [0.1, 0.15) is 23.1 Å². The van der Waals surface area contributed by atoms with E-state index in [1.807, 2.05) is 0 Å². The van der Waals surface area contributed by atoms with Crippen molar-refractivity contribution >= 4 is 17.8 Å². The molecule has 20 heavy (non-hydrogen) atoms. The Hall–Kier alpha value is -2.50. The summed E-state index contributed by atoms with van der Waals surface area (Å²) in [5.74, 6) is -0.183. The summed E-state index contributed by atoms with van der Waals surface area (Å²) < 4.78 is 19.1. The number of aromatic nitrogens is 1. The van der Waals surface area contributed by atoms with Crippen molar-refractivity contribution in [2.75, 3.05) is 11.9 Å². The molecule has 2 aromatic rings. The summed E-state index contributed by atoms with van der Waals surface area (Å²) >= 11 is 0. The van der Waals surface area contributed by atoms with Gasteiger partial charge in [-0.2, -0.15) is 0 Å². The van der Waals surface area contributed by atoms with Crippen LogP contribution in [0.5, 0.6) is 0 Å². The Labute approximate surface area is 114 Å². The molecule has 0 saturated carbocycles. The van der Waals surface area contributed by atoms with Gasteiger partial charge in [0.25, 0.3) is 5.91 Å². The summed E-state index contributed by atoms with van der Waals surface area (Å²) in [6, 6.07) is 5.62. The van der Waals surface area contributed by atoms with E-state index in [0.29, 0.717) is 22.7 Å². The number of fused-ring (bicyclic) bond motifs is 1. The number of rotatable bonds is 1. The van der Waals surface area contributed by atoms with Gasteiger partial charge in [-0.3, -0.25) is 9.79 Å². The number of aryl methyl sites for hydroxylation is 1. The fourth-order valence-corrected chi connectivity index (χ4v) is 2.30. The zero-order valence-corrected chi connectivity index (χ0v) is 11.0. The second-order valence-electron chi connectivity index (χ2n) is 4.57. The van der Waals surface area contributed by atoms with Gasteiger partial charge in [0, 0.05) is 12.6 Å². The van der Waals surface area contributed by atoms with Crippen LogP contribution in [0.25, 0.3) is 0 Å². The van der Waals surface area contributed by atoms with Crippen LogP contribution in [-0.4, -0.2) is 24.3 Å². The van der Waals surface area contributed by atoms with Crippen LogP contribution in [0.2, 0.25) is 0 Å². The fraction of sp³-hybridized carbons (Fsp3) is 0.214. The molecule has 1 aliphatic rings. The van der Waals surface area contributed by atoms with Gasteiger partial charge in [-0.15, -0.1) is 0 Å². The van der Waals surface area contributed by atoms with E-state index in [0.717, 1.165) is 0 Å². The van der Waals surface area contributed by atoms with Crippen LogP contribution in [0.3, 0.4) is 0 Å². The maximum absolute atomic E-state index is 14.0. The minimum absolute atomic E-state index is 0.295. The Bertz CT molecular complexity index is 708. The van der Waals surface area contributed by atoms with Gasteiger partial charge in [0.05, 0.1) is 6.21 Å². The molecule has 3 rings (SSSR count). The van der Waals surface area contributed by atoms with Gasteiger partial charge in [-0.1, -0.05) is 23.4 Å². The van der Waals surface area contributed by atoms with Crippen molar-refractivity contribution in [3.63, 3.8) is 0 Å². The van der Waals surface area contributed by atoms with E-state index in [2.05, 4.69) is 10.1 Å². The highest BCUT2D eigenvalue weighted by Crippen LogP contribution is 2.36. The first kappa shape index (κ1) is 12.5. The number of hydrogen-bond donors (Lipinski definition) is 0. The molecule has 0 N–H and O–H groups in total. The number of halogens is 1. The molecule has 0 spiro atoms. The van der Waals surface area contributed by atoms with Crippen molar-refractivity contribution in [3.05, 3.63) is 47.1 Å². The first-order valence-corrected chi connectivity index (χ1v) is 6.11. The number of hydrogen-bond acceptors (Lipinski definition) is 4. The average molecular weight is 273 g/mol. The standard InChI is InChI=1S/C14H12FN3O2/c1-8-14-13(17-20-8)12(16-7-11(19)18(14)2)9-5-3-4-6-10(9)15/h3-7,12H,1-2H3. The molecule has 1 atom stereocenters. The van der Waals surface area contributed by atoms with Crippen LogP contribution in [-0.2, 0) is 4.79 Å². The molecule has 102 valence electrons. The first-order valence-electron chi connectivity index (χ1n) is 6.11. The van der Waals surface area contributed by atoms with Crippen molar-refractivity contribution in [3.8, 4) is 0 Å². The molecule has 2 heterocycles. The predicted molar refractivity (Wildman–Crippen MR) is 71.4 cm³/mol. The van der Waals surface area contributed by atoms with Crippen LogP contribution in [0.4, 0.5) is 10.1 Å². The molecule has 0 aliphatic carbocycles. The maximum Gasteiger partial charge on any atom is 0.268 e. The minimum atomic E-state index is -0.683. The van der Waals surface area contributed by atoms with Crippen molar-refractivity contribution in [1.29, 1.82) is 0 Å². The average Bonchev–Trinajstić information content (AvgIpc) is 2.76. The zero-order valence-electron chi connectivity index (χ0n) is 11.0. The van der Waals surface area contributed by atoms with Crippen molar-refractivity contribution in [2.24, 2.45) is 4.99 Å². The van der Waals surface area contributed by atoms with Crippen molar-refractivity contribution < 1.29 is 13.7 Å². The lowest BCUT2D eigenvalue weighted by molar-refractivity contribution is -0.111. The Morgan fingerprint density at radius 3 is 2.85 bits per heavy atom. The summed E-state index contributed by atoms with van der Waals surface area (Å²) in [5, 5.41) is 3.95. The quantitative estimate of drug-likeness (QED) is 0.800. The van der Waals surface area contributed by atoms with E-state index in [1.54, 1.807) is 32.2 Å². The smallest absolute Gasteiger partial charge is 0.268 e. The molecule has 1 unspecified atom stereocenters. The molecule has 1 aliphatic heterocycles. The van der Waals surface area contributed by atoms with E-state index >= 15 is 0 Å². The number of aliphatic imine (C=N–C) groups is 1. The van der Waals surface area contributed by atoms with E-state index in [-0.39, 0.29) is 5.91 Å². The van der Waals surface area contributed by atoms with Crippen LogP contribution >= 0.6 is 0 Å². The molecule has 1 aromatic carbocycles. The maximum atomic E-state index is 14.0. The molecular weight excluding hydrogens is 261 g/mol. The lowest BCUT2D eigenvalue weighted by atomic mass is 10.0. The number of benzene rings is 1. The topological polar surface area (TPSA) is 58.7 Å². The molecule has 0 radical (unpaired) electrons. The van der Waals surface area contributed by atoms with Crippen LogP contribution < -0.4 is 4.90 Å². The van der Waals surface area contributed by atoms with Gasteiger partial charge < -0.3 is 9.42 Å². The number of carbonyl (C=O) groups is 1. The van der Waals surface area contributed by atoms with Gasteiger partial charge in [0.15, 0.2) is 5.76 Å². The number of amides is 1. The highest BCUT2D eigenvalue weighted by Gasteiger charge is 2.31.